The lowest BCUT2D eigenvalue weighted by molar-refractivity contribution is -0.144. The van der Waals surface area contributed by atoms with E-state index in [2.05, 4.69) is 19.2 Å². The highest BCUT2D eigenvalue weighted by Gasteiger charge is 2.15. The van der Waals surface area contributed by atoms with Crippen LogP contribution in [-0.2, 0) is 11.3 Å². The molecule has 1 aromatic rings. The van der Waals surface area contributed by atoms with Gasteiger partial charge in [0.2, 0.25) is 0 Å². The summed E-state index contributed by atoms with van der Waals surface area (Å²) in [6.07, 6.45) is -1.07. The minimum atomic E-state index is -1.12. The molecular formula is C14H20FNO3. The first-order valence-electron chi connectivity index (χ1n) is 6.28. The maximum Gasteiger partial charge on any atom is 0.344 e. The van der Waals surface area contributed by atoms with Crippen molar-refractivity contribution in [3.8, 4) is 5.75 Å². The number of hydrogen-bond donors (Lipinski definition) is 2. The largest absolute Gasteiger partial charge is 0.479 e. The van der Waals surface area contributed by atoms with E-state index in [0.717, 1.165) is 12.1 Å². The number of hydrogen-bond acceptors (Lipinski definition) is 3. The quantitative estimate of drug-likeness (QED) is 0.798. The minimum Gasteiger partial charge on any atom is -0.479 e. The molecule has 0 radical (unpaired) electrons. The van der Waals surface area contributed by atoms with Crippen LogP contribution >= 0.6 is 0 Å². The van der Waals surface area contributed by atoms with Crippen molar-refractivity contribution in [2.24, 2.45) is 5.92 Å². The first-order chi connectivity index (χ1) is 8.90. The monoisotopic (exact) mass is 269 g/mol. The molecular weight excluding hydrogens is 249 g/mol. The van der Waals surface area contributed by atoms with Gasteiger partial charge in [-0.25, -0.2) is 9.18 Å². The van der Waals surface area contributed by atoms with Gasteiger partial charge >= 0.3 is 5.97 Å². The molecule has 0 saturated carbocycles. The number of rotatable bonds is 7. The Bertz CT molecular complexity index is 435. The maximum atomic E-state index is 13.7. The molecule has 1 unspecified atom stereocenters. The Morgan fingerprint density at radius 3 is 2.63 bits per heavy atom. The van der Waals surface area contributed by atoms with Gasteiger partial charge in [-0.05, 0) is 37.1 Å². The van der Waals surface area contributed by atoms with Gasteiger partial charge in [0, 0.05) is 6.54 Å². The van der Waals surface area contributed by atoms with Crippen LogP contribution in [0.25, 0.3) is 0 Å². The Hall–Kier alpha value is -1.62. The summed E-state index contributed by atoms with van der Waals surface area (Å²) in [6.45, 7) is 6.98. The fourth-order valence-corrected chi connectivity index (χ4v) is 1.50. The van der Waals surface area contributed by atoms with Gasteiger partial charge in [0.05, 0.1) is 0 Å². The molecule has 19 heavy (non-hydrogen) atoms. The van der Waals surface area contributed by atoms with Crippen molar-refractivity contribution in [1.82, 2.24) is 5.32 Å². The molecule has 1 aromatic carbocycles. The number of ether oxygens (including phenoxy) is 1. The number of carboxylic acid groups (broad SMARTS) is 1. The van der Waals surface area contributed by atoms with Crippen LogP contribution in [0.1, 0.15) is 26.3 Å². The van der Waals surface area contributed by atoms with Gasteiger partial charge in [-0.3, -0.25) is 0 Å². The summed E-state index contributed by atoms with van der Waals surface area (Å²) in [5, 5.41) is 11.9. The summed E-state index contributed by atoms with van der Waals surface area (Å²) < 4.78 is 18.7. The zero-order chi connectivity index (χ0) is 14.4. The number of benzene rings is 1. The Labute approximate surface area is 112 Å². The topological polar surface area (TPSA) is 58.6 Å². The van der Waals surface area contributed by atoms with Crippen LogP contribution in [0, 0.1) is 11.7 Å². The number of nitrogens with one attached hydrogen (secondary N) is 1. The van der Waals surface area contributed by atoms with E-state index in [4.69, 9.17) is 9.84 Å². The minimum absolute atomic E-state index is 0.0393. The van der Waals surface area contributed by atoms with Crippen molar-refractivity contribution < 1.29 is 19.0 Å². The molecule has 0 heterocycles. The Balaban J connectivity index is 2.61. The molecule has 0 amide bonds. The zero-order valence-corrected chi connectivity index (χ0v) is 11.4. The molecule has 0 saturated heterocycles. The van der Waals surface area contributed by atoms with Crippen LogP contribution in [0.3, 0.4) is 0 Å². The normalized spacial score (nSPS) is 12.5. The van der Waals surface area contributed by atoms with Crippen molar-refractivity contribution in [2.45, 2.75) is 33.4 Å². The number of halogens is 1. The molecule has 0 aliphatic carbocycles. The van der Waals surface area contributed by atoms with E-state index in [1.165, 1.54) is 19.1 Å². The van der Waals surface area contributed by atoms with Gasteiger partial charge in [-0.1, -0.05) is 19.9 Å². The molecule has 4 nitrogen and oxygen atoms in total. The molecule has 1 atom stereocenters. The highest BCUT2D eigenvalue weighted by atomic mass is 19.1. The summed E-state index contributed by atoms with van der Waals surface area (Å²) in [4.78, 5) is 10.6. The van der Waals surface area contributed by atoms with Gasteiger partial charge in [0.1, 0.15) is 0 Å². The maximum absolute atomic E-state index is 13.7. The molecule has 2 N–H and O–H groups in total. The second kappa shape index (κ2) is 7.09. The fraction of sp³-hybridized carbons (Fsp3) is 0.500. The molecule has 1 rings (SSSR count). The van der Waals surface area contributed by atoms with E-state index in [9.17, 15) is 9.18 Å². The van der Waals surface area contributed by atoms with Crippen LogP contribution in [0.5, 0.6) is 5.75 Å². The number of carbonyl (C=O) groups is 1. The average Bonchev–Trinajstić information content (AvgIpc) is 2.31. The molecule has 0 aromatic heterocycles. The third-order valence-electron chi connectivity index (χ3n) is 2.53. The molecule has 5 heteroatoms. The van der Waals surface area contributed by atoms with Crippen LogP contribution in [-0.4, -0.2) is 23.7 Å². The van der Waals surface area contributed by atoms with E-state index in [1.807, 2.05) is 0 Å². The van der Waals surface area contributed by atoms with Gasteiger partial charge < -0.3 is 15.2 Å². The predicted octanol–water partition coefficient (Wildman–Crippen LogP) is 2.42. The summed E-state index contributed by atoms with van der Waals surface area (Å²) in [5.41, 5.74) is 0.800. The molecule has 0 aliphatic rings. The SMILES string of the molecule is CC(C)CNCc1ccc(OC(C)C(=O)O)c(F)c1. The first-order valence-corrected chi connectivity index (χ1v) is 6.28. The van der Waals surface area contributed by atoms with Crippen molar-refractivity contribution >= 4 is 5.97 Å². The second-order valence-electron chi connectivity index (χ2n) is 4.89. The predicted molar refractivity (Wildman–Crippen MR) is 70.7 cm³/mol. The molecule has 0 bridgehead atoms. The van der Waals surface area contributed by atoms with Gasteiger partial charge in [-0.2, -0.15) is 0 Å². The summed E-state index contributed by atoms with van der Waals surface area (Å²) >= 11 is 0. The molecule has 0 aliphatic heterocycles. The number of carboxylic acids is 1. The standard InChI is InChI=1S/C14H20FNO3/c1-9(2)7-16-8-11-4-5-13(12(15)6-11)19-10(3)14(17)18/h4-6,9-10,16H,7-8H2,1-3H3,(H,17,18). The highest BCUT2D eigenvalue weighted by molar-refractivity contribution is 5.72. The fourth-order valence-electron chi connectivity index (χ4n) is 1.50. The molecule has 0 spiro atoms. The van der Waals surface area contributed by atoms with E-state index < -0.39 is 17.9 Å². The van der Waals surface area contributed by atoms with Gasteiger partial charge in [0.25, 0.3) is 0 Å². The van der Waals surface area contributed by atoms with E-state index in [0.29, 0.717) is 12.5 Å². The van der Waals surface area contributed by atoms with Crippen LogP contribution < -0.4 is 10.1 Å². The molecule has 106 valence electrons. The van der Waals surface area contributed by atoms with Crippen molar-refractivity contribution in [3.63, 3.8) is 0 Å². The van der Waals surface area contributed by atoms with Crippen LogP contribution in [0.2, 0.25) is 0 Å². The lowest BCUT2D eigenvalue weighted by Gasteiger charge is -2.12. The van der Waals surface area contributed by atoms with Gasteiger partial charge in [-0.15, -0.1) is 0 Å². The van der Waals surface area contributed by atoms with Gasteiger partial charge in [0.15, 0.2) is 17.7 Å². The van der Waals surface area contributed by atoms with E-state index in [1.54, 1.807) is 6.07 Å². The van der Waals surface area contributed by atoms with Crippen LogP contribution in [0.4, 0.5) is 4.39 Å². The lowest BCUT2D eigenvalue weighted by atomic mass is 10.2. The summed E-state index contributed by atoms with van der Waals surface area (Å²) in [5.74, 6) is -1.18. The lowest BCUT2D eigenvalue weighted by Crippen LogP contribution is -2.23. The third-order valence-corrected chi connectivity index (χ3v) is 2.53. The van der Waals surface area contributed by atoms with Crippen molar-refractivity contribution in [1.29, 1.82) is 0 Å². The molecule has 0 fully saturated rings. The highest BCUT2D eigenvalue weighted by Crippen LogP contribution is 2.19. The van der Waals surface area contributed by atoms with Crippen molar-refractivity contribution in [3.05, 3.63) is 29.6 Å². The average molecular weight is 269 g/mol. The third kappa shape index (κ3) is 5.26. The van der Waals surface area contributed by atoms with Crippen molar-refractivity contribution in [2.75, 3.05) is 6.54 Å². The van der Waals surface area contributed by atoms with E-state index >= 15 is 0 Å². The van der Waals surface area contributed by atoms with Crippen LogP contribution in [0.15, 0.2) is 18.2 Å². The second-order valence-corrected chi connectivity index (χ2v) is 4.89. The Kier molecular flexibility index (Phi) is 5.76. The Morgan fingerprint density at radius 1 is 1.42 bits per heavy atom. The summed E-state index contributed by atoms with van der Waals surface area (Å²) in [7, 11) is 0. The summed E-state index contributed by atoms with van der Waals surface area (Å²) in [6, 6.07) is 4.54. The first kappa shape index (κ1) is 15.4. The smallest absolute Gasteiger partial charge is 0.344 e. The zero-order valence-electron chi connectivity index (χ0n) is 11.4. The Morgan fingerprint density at radius 2 is 2.11 bits per heavy atom. The van der Waals surface area contributed by atoms with E-state index in [-0.39, 0.29) is 5.75 Å². The number of aliphatic carboxylic acids is 1.